The zero-order valence-electron chi connectivity index (χ0n) is 14.3. The van der Waals surface area contributed by atoms with Gasteiger partial charge < -0.3 is 9.64 Å². The van der Waals surface area contributed by atoms with Crippen LogP contribution in [0.2, 0.25) is 0 Å². The molecule has 0 N–H and O–H groups in total. The maximum atomic E-state index is 12.7. The van der Waals surface area contributed by atoms with Crippen molar-refractivity contribution in [2.45, 2.75) is 40.0 Å². The molecule has 1 aromatic carbocycles. The van der Waals surface area contributed by atoms with Gasteiger partial charge in [0, 0.05) is 20.0 Å². The van der Waals surface area contributed by atoms with Crippen molar-refractivity contribution in [2.24, 2.45) is 4.99 Å². The van der Waals surface area contributed by atoms with E-state index in [0.29, 0.717) is 11.1 Å². The van der Waals surface area contributed by atoms with Crippen LogP contribution < -0.4 is 0 Å². The van der Waals surface area contributed by atoms with Crippen LogP contribution in [-0.4, -0.2) is 43.3 Å². The van der Waals surface area contributed by atoms with Crippen LogP contribution in [0.5, 0.6) is 0 Å². The number of aliphatic imine (C=N–C) groups is 1. The maximum Gasteiger partial charge on any atom is 0.338 e. The molecule has 0 heterocycles. The smallest absolute Gasteiger partial charge is 0.338 e. The van der Waals surface area contributed by atoms with Crippen molar-refractivity contribution in [3.63, 3.8) is 0 Å². The van der Waals surface area contributed by atoms with Crippen LogP contribution in [0.3, 0.4) is 0 Å². The van der Waals surface area contributed by atoms with Crippen molar-refractivity contribution in [1.29, 1.82) is 0 Å². The van der Waals surface area contributed by atoms with Crippen LogP contribution >= 0.6 is 0 Å². The number of hydrogen-bond donors (Lipinski definition) is 0. The zero-order chi connectivity index (χ0) is 17.6. The quantitative estimate of drug-likeness (QED) is 0.430. The molecule has 6 heteroatoms. The first-order chi connectivity index (χ1) is 10.6. The Hall–Kier alpha value is -1.98. The molecule has 0 fully saturated rings. The summed E-state index contributed by atoms with van der Waals surface area (Å²) in [5.74, 6) is -3.43. The number of halogens is 2. The highest BCUT2D eigenvalue weighted by Crippen LogP contribution is 2.24. The number of rotatable bonds is 7. The molecule has 0 aliphatic rings. The first-order valence-corrected chi connectivity index (χ1v) is 7.54. The number of ether oxygens (including phenoxy) is 1. The number of carbonyl (C=O) groups excluding carboxylic acids is 1. The first-order valence-electron chi connectivity index (χ1n) is 7.54. The van der Waals surface area contributed by atoms with Gasteiger partial charge in [-0.25, -0.2) is 18.6 Å². The zero-order valence-corrected chi connectivity index (χ0v) is 14.3. The van der Waals surface area contributed by atoms with Gasteiger partial charge in [0.25, 0.3) is 0 Å². The molecule has 23 heavy (non-hydrogen) atoms. The van der Waals surface area contributed by atoms with Crippen molar-refractivity contribution >= 4 is 18.0 Å². The van der Waals surface area contributed by atoms with E-state index in [1.165, 1.54) is 0 Å². The molecule has 0 aliphatic heterocycles. The summed E-state index contributed by atoms with van der Waals surface area (Å²) >= 11 is 0. The van der Waals surface area contributed by atoms with Crippen molar-refractivity contribution < 1.29 is 18.3 Å². The Labute approximate surface area is 136 Å². The predicted molar refractivity (Wildman–Crippen MR) is 87.9 cm³/mol. The lowest BCUT2D eigenvalue weighted by Crippen LogP contribution is -2.16. The number of esters is 1. The van der Waals surface area contributed by atoms with Gasteiger partial charge in [0.2, 0.25) is 5.92 Å². The lowest BCUT2D eigenvalue weighted by atomic mass is 10.0. The molecule has 1 aromatic rings. The highest BCUT2D eigenvalue weighted by Gasteiger charge is 2.22. The van der Waals surface area contributed by atoms with Gasteiger partial charge in [0.15, 0.2) is 0 Å². The Morgan fingerprint density at radius 3 is 2.57 bits per heavy atom. The summed E-state index contributed by atoms with van der Waals surface area (Å²) in [6.07, 6.45) is 1.24. The summed E-state index contributed by atoms with van der Waals surface area (Å²) in [5, 5.41) is 0. The number of nitrogens with zero attached hydrogens (tertiary/aromatic N) is 2. The summed E-state index contributed by atoms with van der Waals surface area (Å²) < 4.78 is 30.4. The molecule has 4 nitrogen and oxygen atoms in total. The Kier molecular flexibility index (Phi) is 6.66. The standard InChI is InChI=1S/C17H24F2N2O2/c1-6-21(5)11-20-15-10-12(2)14(9-13(15)3)16(22)23-8-7-17(4,18)19/h9-11H,6-8H2,1-5H3. The lowest BCUT2D eigenvalue weighted by Gasteiger charge is -2.13. The number of hydrogen-bond acceptors (Lipinski definition) is 3. The Morgan fingerprint density at radius 2 is 2.00 bits per heavy atom. The Morgan fingerprint density at radius 1 is 1.35 bits per heavy atom. The first kappa shape index (κ1) is 19.1. The fraction of sp³-hybridized carbons (Fsp3) is 0.529. The highest BCUT2D eigenvalue weighted by molar-refractivity contribution is 5.92. The third-order valence-corrected chi connectivity index (χ3v) is 3.43. The van der Waals surface area contributed by atoms with Gasteiger partial charge in [-0.05, 0) is 51.0 Å². The SMILES string of the molecule is CCN(C)C=Nc1cc(C)c(C(=O)OCCC(C)(F)F)cc1C. The van der Waals surface area contributed by atoms with E-state index in [-0.39, 0.29) is 6.61 Å². The fourth-order valence-electron chi connectivity index (χ4n) is 1.80. The molecule has 1 rings (SSSR count). The molecule has 0 aliphatic carbocycles. The number of benzene rings is 1. The number of alkyl halides is 2. The van der Waals surface area contributed by atoms with Gasteiger partial charge in [-0.1, -0.05) is 0 Å². The average Bonchev–Trinajstić information content (AvgIpc) is 2.45. The van der Waals surface area contributed by atoms with Crippen LogP contribution in [0.25, 0.3) is 0 Å². The van der Waals surface area contributed by atoms with Crippen LogP contribution in [-0.2, 0) is 4.74 Å². The second-order valence-corrected chi connectivity index (χ2v) is 5.73. The minimum atomic E-state index is -2.84. The molecule has 0 spiro atoms. The lowest BCUT2D eigenvalue weighted by molar-refractivity contribution is -0.0109. The molecule has 0 bridgehead atoms. The summed E-state index contributed by atoms with van der Waals surface area (Å²) in [4.78, 5) is 18.3. The van der Waals surface area contributed by atoms with Gasteiger partial charge in [-0.3, -0.25) is 0 Å². The van der Waals surface area contributed by atoms with Crippen LogP contribution in [0, 0.1) is 13.8 Å². The average molecular weight is 326 g/mol. The Balaban J connectivity index is 2.83. The number of carbonyl (C=O) groups is 1. The molecule has 0 unspecified atom stereocenters. The van der Waals surface area contributed by atoms with E-state index in [1.54, 1.807) is 25.4 Å². The number of aryl methyl sites for hydroxylation is 2. The van der Waals surface area contributed by atoms with Gasteiger partial charge in [-0.2, -0.15) is 0 Å². The second-order valence-electron chi connectivity index (χ2n) is 5.73. The molecule has 0 aromatic heterocycles. The maximum absolute atomic E-state index is 12.7. The molecule has 0 saturated heterocycles. The van der Waals surface area contributed by atoms with E-state index in [2.05, 4.69) is 4.99 Å². The second kappa shape index (κ2) is 8.04. The Bertz CT molecular complexity index is 581. The molecular weight excluding hydrogens is 302 g/mol. The normalized spacial score (nSPS) is 11.8. The van der Waals surface area contributed by atoms with E-state index in [9.17, 15) is 13.6 Å². The summed E-state index contributed by atoms with van der Waals surface area (Å²) in [5.41, 5.74) is 2.67. The van der Waals surface area contributed by atoms with E-state index in [4.69, 9.17) is 4.74 Å². The fourth-order valence-corrected chi connectivity index (χ4v) is 1.80. The van der Waals surface area contributed by atoms with E-state index in [1.807, 2.05) is 25.8 Å². The monoisotopic (exact) mass is 326 g/mol. The van der Waals surface area contributed by atoms with Gasteiger partial charge in [0.05, 0.1) is 24.2 Å². The van der Waals surface area contributed by atoms with Crippen LogP contribution in [0.1, 0.15) is 41.8 Å². The van der Waals surface area contributed by atoms with Crippen LogP contribution in [0.4, 0.5) is 14.5 Å². The van der Waals surface area contributed by atoms with E-state index < -0.39 is 18.3 Å². The molecule has 0 radical (unpaired) electrons. The minimum Gasteiger partial charge on any atom is -0.462 e. The molecule has 128 valence electrons. The van der Waals surface area contributed by atoms with Gasteiger partial charge >= 0.3 is 5.97 Å². The summed E-state index contributed by atoms with van der Waals surface area (Å²) in [6.45, 7) is 6.97. The summed E-state index contributed by atoms with van der Waals surface area (Å²) in [6, 6.07) is 3.47. The van der Waals surface area contributed by atoms with Crippen molar-refractivity contribution in [1.82, 2.24) is 4.90 Å². The van der Waals surface area contributed by atoms with Gasteiger partial charge in [-0.15, -0.1) is 0 Å². The minimum absolute atomic E-state index is 0.304. The third-order valence-electron chi connectivity index (χ3n) is 3.43. The largest absolute Gasteiger partial charge is 0.462 e. The van der Waals surface area contributed by atoms with E-state index in [0.717, 1.165) is 24.7 Å². The molecule has 0 atom stereocenters. The molecule has 0 amide bonds. The van der Waals surface area contributed by atoms with Crippen molar-refractivity contribution in [3.05, 3.63) is 28.8 Å². The van der Waals surface area contributed by atoms with E-state index >= 15 is 0 Å². The summed E-state index contributed by atoms with van der Waals surface area (Å²) in [7, 11) is 1.92. The highest BCUT2D eigenvalue weighted by atomic mass is 19.3. The van der Waals surface area contributed by atoms with Crippen LogP contribution in [0.15, 0.2) is 17.1 Å². The third kappa shape index (κ3) is 6.34. The van der Waals surface area contributed by atoms with Gasteiger partial charge in [0.1, 0.15) is 0 Å². The van der Waals surface area contributed by atoms with Crippen molar-refractivity contribution in [2.75, 3.05) is 20.2 Å². The molecular formula is C17H24F2N2O2. The predicted octanol–water partition coefficient (Wildman–Crippen LogP) is 4.12. The topological polar surface area (TPSA) is 41.9 Å². The molecule has 0 saturated carbocycles. The van der Waals surface area contributed by atoms with Crippen molar-refractivity contribution in [3.8, 4) is 0 Å².